The molecule has 3 nitrogen and oxygen atoms in total. The molecule has 0 heterocycles. The summed E-state index contributed by atoms with van der Waals surface area (Å²) < 4.78 is 0. The van der Waals surface area contributed by atoms with E-state index < -0.39 is 0 Å². The highest BCUT2D eigenvalue weighted by Crippen LogP contribution is 2.39. The molecule has 17 heavy (non-hydrogen) atoms. The molecule has 0 fully saturated rings. The van der Waals surface area contributed by atoms with Crippen LogP contribution in [-0.2, 0) is 6.42 Å². The molecule has 0 saturated heterocycles. The highest BCUT2D eigenvalue weighted by molar-refractivity contribution is 6.32. The SMILES string of the molecule is Clc1cccc2c1Cc1ccccc1-2.O=NO. The lowest BCUT2D eigenvalue weighted by Gasteiger charge is -2.00. The second-order valence-electron chi connectivity index (χ2n) is 3.68. The third kappa shape index (κ3) is 2.15. The average Bonchev–Trinajstić information content (AvgIpc) is 2.71. The molecule has 0 unspecified atom stereocenters. The van der Waals surface area contributed by atoms with Crippen molar-refractivity contribution in [3.8, 4) is 11.1 Å². The van der Waals surface area contributed by atoms with Crippen LogP contribution < -0.4 is 0 Å². The van der Waals surface area contributed by atoms with Crippen molar-refractivity contribution in [1.82, 2.24) is 0 Å². The van der Waals surface area contributed by atoms with Crippen LogP contribution in [0.15, 0.2) is 47.8 Å². The van der Waals surface area contributed by atoms with Gasteiger partial charge in [0.1, 0.15) is 0 Å². The van der Waals surface area contributed by atoms with E-state index >= 15 is 0 Å². The van der Waals surface area contributed by atoms with Crippen LogP contribution in [0.2, 0.25) is 5.02 Å². The second-order valence-corrected chi connectivity index (χ2v) is 4.09. The third-order valence-corrected chi connectivity index (χ3v) is 3.15. The van der Waals surface area contributed by atoms with Crippen molar-refractivity contribution in [3.63, 3.8) is 0 Å². The van der Waals surface area contributed by atoms with Gasteiger partial charge in [0.05, 0.1) is 0 Å². The summed E-state index contributed by atoms with van der Waals surface area (Å²) in [5.74, 6) is 0. The lowest BCUT2D eigenvalue weighted by molar-refractivity contribution is 0.312. The summed E-state index contributed by atoms with van der Waals surface area (Å²) in [6, 6.07) is 14.6. The molecule has 0 aromatic heterocycles. The number of nitrogens with zero attached hydrogens (tertiary/aromatic N) is 1. The van der Waals surface area contributed by atoms with Gasteiger partial charge in [-0.15, -0.1) is 4.91 Å². The molecule has 0 aliphatic heterocycles. The van der Waals surface area contributed by atoms with Gasteiger partial charge in [0, 0.05) is 11.4 Å². The van der Waals surface area contributed by atoms with Gasteiger partial charge in [0.15, 0.2) is 5.34 Å². The molecular formula is C13H10ClNO2. The predicted octanol–water partition coefficient (Wildman–Crippen LogP) is 4.05. The number of halogens is 1. The first-order valence-electron chi connectivity index (χ1n) is 5.10. The van der Waals surface area contributed by atoms with Gasteiger partial charge >= 0.3 is 0 Å². The molecule has 0 bridgehead atoms. The Hall–Kier alpha value is -1.87. The summed E-state index contributed by atoms with van der Waals surface area (Å²) >= 11 is 6.16. The number of rotatable bonds is 0. The Labute approximate surface area is 104 Å². The smallest absolute Gasteiger partial charge is 0.152 e. The number of benzene rings is 2. The van der Waals surface area contributed by atoms with E-state index in [9.17, 15) is 0 Å². The van der Waals surface area contributed by atoms with Gasteiger partial charge in [-0.1, -0.05) is 48.0 Å². The second kappa shape index (κ2) is 4.97. The maximum atomic E-state index is 8.11. The average molecular weight is 248 g/mol. The topological polar surface area (TPSA) is 49.7 Å². The number of fused-ring (bicyclic) bond motifs is 3. The first-order valence-corrected chi connectivity index (χ1v) is 5.48. The molecule has 0 spiro atoms. The van der Waals surface area contributed by atoms with Crippen molar-refractivity contribution in [2.45, 2.75) is 6.42 Å². The molecule has 1 aliphatic carbocycles. The summed E-state index contributed by atoms with van der Waals surface area (Å²) in [6.45, 7) is 0. The number of hydrogen-bond donors (Lipinski definition) is 1. The summed E-state index contributed by atoms with van der Waals surface area (Å²) in [5, 5.41) is 8.78. The fourth-order valence-corrected chi connectivity index (χ4v) is 2.36. The summed E-state index contributed by atoms with van der Waals surface area (Å²) in [4.78, 5) is 8.11. The zero-order valence-electron chi connectivity index (χ0n) is 8.93. The van der Waals surface area contributed by atoms with Gasteiger partial charge in [0.25, 0.3) is 0 Å². The Morgan fingerprint density at radius 2 is 1.71 bits per heavy atom. The molecule has 1 aliphatic rings. The summed E-state index contributed by atoms with van der Waals surface area (Å²) in [6.07, 6.45) is 0.977. The first-order chi connectivity index (χ1) is 8.27. The molecule has 0 atom stereocenters. The lowest BCUT2D eigenvalue weighted by Crippen LogP contribution is -1.80. The molecule has 0 radical (unpaired) electrons. The zero-order chi connectivity index (χ0) is 12.3. The standard InChI is InChI=1S/C13H9Cl.HNO2/c14-13-7-3-6-11-10-5-2-1-4-9(10)8-12(11)13;2-1-3/h1-7H,8H2;(H,2,3). The monoisotopic (exact) mass is 247 g/mol. The maximum absolute atomic E-state index is 8.11. The van der Waals surface area contributed by atoms with Crippen molar-refractivity contribution in [3.05, 3.63) is 63.5 Å². The third-order valence-electron chi connectivity index (χ3n) is 2.79. The minimum Gasteiger partial charge on any atom is -0.379 e. The first kappa shape index (κ1) is 11.6. The van der Waals surface area contributed by atoms with E-state index in [-0.39, 0.29) is 0 Å². The van der Waals surface area contributed by atoms with E-state index in [1.165, 1.54) is 27.6 Å². The van der Waals surface area contributed by atoms with E-state index in [1.807, 2.05) is 12.1 Å². The molecule has 3 rings (SSSR count). The minimum absolute atomic E-state index is 0.888. The highest BCUT2D eigenvalue weighted by Gasteiger charge is 2.19. The minimum atomic E-state index is 0.888. The van der Waals surface area contributed by atoms with Crippen LogP contribution in [0.4, 0.5) is 0 Å². The van der Waals surface area contributed by atoms with Crippen LogP contribution >= 0.6 is 11.6 Å². The van der Waals surface area contributed by atoms with E-state index in [1.54, 1.807) is 0 Å². The van der Waals surface area contributed by atoms with Gasteiger partial charge in [-0.3, -0.25) is 0 Å². The van der Waals surface area contributed by atoms with Crippen LogP contribution in [0.3, 0.4) is 0 Å². The van der Waals surface area contributed by atoms with Gasteiger partial charge in [-0.25, -0.2) is 0 Å². The predicted molar refractivity (Wildman–Crippen MR) is 67.3 cm³/mol. The Bertz CT molecular complexity index is 555. The Morgan fingerprint density at radius 1 is 1.06 bits per heavy atom. The lowest BCUT2D eigenvalue weighted by atomic mass is 10.1. The number of hydrogen-bond acceptors (Lipinski definition) is 2. The molecule has 2 aromatic carbocycles. The summed E-state index contributed by atoms with van der Waals surface area (Å²) in [7, 11) is 0. The van der Waals surface area contributed by atoms with Crippen molar-refractivity contribution in [1.29, 1.82) is 0 Å². The van der Waals surface area contributed by atoms with E-state index in [4.69, 9.17) is 21.7 Å². The fourth-order valence-electron chi connectivity index (χ4n) is 2.12. The molecule has 86 valence electrons. The van der Waals surface area contributed by atoms with Gasteiger partial charge in [0.2, 0.25) is 0 Å². The Kier molecular flexibility index (Phi) is 3.40. The van der Waals surface area contributed by atoms with Crippen LogP contribution in [0.1, 0.15) is 11.1 Å². The Balaban J connectivity index is 0.000000329. The fraction of sp³-hybridized carbons (Fsp3) is 0.0769. The van der Waals surface area contributed by atoms with Crippen LogP contribution in [0, 0.1) is 4.91 Å². The molecule has 0 saturated carbocycles. The highest BCUT2D eigenvalue weighted by atomic mass is 35.5. The van der Waals surface area contributed by atoms with E-state index in [2.05, 4.69) is 30.3 Å². The molecular weight excluding hydrogens is 238 g/mol. The van der Waals surface area contributed by atoms with Crippen molar-refractivity contribution < 1.29 is 5.21 Å². The molecule has 0 amide bonds. The molecule has 1 N–H and O–H groups in total. The Morgan fingerprint density at radius 3 is 2.47 bits per heavy atom. The van der Waals surface area contributed by atoms with Gasteiger partial charge < -0.3 is 5.21 Å². The normalized spacial score (nSPS) is 10.9. The summed E-state index contributed by atoms with van der Waals surface area (Å²) in [5.41, 5.74) is 5.30. The van der Waals surface area contributed by atoms with Crippen LogP contribution in [0.5, 0.6) is 0 Å². The zero-order valence-corrected chi connectivity index (χ0v) is 9.69. The van der Waals surface area contributed by atoms with Crippen LogP contribution in [0.25, 0.3) is 11.1 Å². The molecule has 4 heteroatoms. The van der Waals surface area contributed by atoms with E-state index in [0.717, 1.165) is 11.4 Å². The van der Waals surface area contributed by atoms with Crippen molar-refractivity contribution in [2.75, 3.05) is 0 Å². The van der Waals surface area contributed by atoms with Gasteiger partial charge in [-0.05, 0) is 28.3 Å². The maximum Gasteiger partial charge on any atom is 0.152 e. The van der Waals surface area contributed by atoms with Crippen LogP contribution in [-0.4, -0.2) is 5.21 Å². The molecule has 2 aromatic rings. The van der Waals surface area contributed by atoms with Crippen molar-refractivity contribution >= 4 is 11.6 Å². The van der Waals surface area contributed by atoms with Crippen molar-refractivity contribution in [2.24, 2.45) is 5.34 Å². The quantitative estimate of drug-likeness (QED) is 0.481. The van der Waals surface area contributed by atoms with E-state index in [0.29, 0.717) is 0 Å². The largest absolute Gasteiger partial charge is 0.379 e. The van der Waals surface area contributed by atoms with Gasteiger partial charge in [-0.2, -0.15) is 0 Å².